The highest BCUT2D eigenvalue weighted by Crippen LogP contribution is 2.39. The lowest BCUT2D eigenvalue weighted by Gasteiger charge is -2.25. The maximum Gasteiger partial charge on any atom is 0.426 e. The molecule has 0 fully saturated rings. The van der Waals surface area contributed by atoms with Crippen molar-refractivity contribution >= 4 is 35.0 Å². The molecule has 0 unspecified atom stereocenters. The number of alkyl halides is 3. The van der Waals surface area contributed by atoms with Crippen molar-refractivity contribution in [2.75, 3.05) is 5.32 Å². The number of carbonyl (C=O) groups is 1. The van der Waals surface area contributed by atoms with Gasteiger partial charge in [-0.3, -0.25) is 4.79 Å². The van der Waals surface area contributed by atoms with Gasteiger partial charge in [0.05, 0.1) is 10.7 Å². The number of oxazole rings is 1. The fraction of sp³-hybridized carbons (Fsp3) is 0.120. The third-order valence-corrected chi connectivity index (χ3v) is 6.23. The smallest absolute Gasteiger partial charge is 0.426 e. The number of anilines is 1. The van der Waals surface area contributed by atoms with Gasteiger partial charge in [0, 0.05) is 16.0 Å². The molecule has 0 saturated carbocycles. The quantitative estimate of drug-likeness (QED) is 0.285. The van der Waals surface area contributed by atoms with Gasteiger partial charge in [0.25, 0.3) is 11.1 Å². The van der Waals surface area contributed by atoms with Crippen LogP contribution in [0.25, 0.3) is 22.6 Å². The third-order valence-electron chi connectivity index (χ3n) is 5.08. The van der Waals surface area contributed by atoms with E-state index in [4.69, 9.17) is 16.0 Å². The van der Waals surface area contributed by atoms with Crippen molar-refractivity contribution in [2.45, 2.75) is 28.8 Å². The van der Waals surface area contributed by atoms with Crippen molar-refractivity contribution in [3.05, 3.63) is 83.9 Å². The van der Waals surface area contributed by atoms with Crippen LogP contribution in [0.15, 0.2) is 93.4 Å². The van der Waals surface area contributed by atoms with Crippen molar-refractivity contribution in [2.24, 2.45) is 0 Å². The first-order valence-corrected chi connectivity index (χ1v) is 11.5. The Balaban J connectivity index is 1.60. The second kappa shape index (κ2) is 9.77. The number of aliphatic hydroxyl groups is 1. The van der Waals surface area contributed by atoms with Gasteiger partial charge < -0.3 is 14.8 Å². The second-order valence-electron chi connectivity index (χ2n) is 7.66. The van der Waals surface area contributed by atoms with E-state index in [0.29, 0.717) is 28.5 Å². The highest BCUT2D eigenvalue weighted by atomic mass is 35.5. The highest BCUT2D eigenvalue weighted by Gasteiger charge is 2.55. The lowest BCUT2D eigenvalue weighted by Crippen LogP contribution is -2.52. The van der Waals surface area contributed by atoms with Crippen LogP contribution >= 0.6 is 23.4 Å². The van der Waals surface area contributed by atoms with Gasteiger partial charge in [0.1, 0.15) is 5.69 Å². The summed E-state index contributed by atoms with van der Waals surface area (Å²) in [6.45, 7) is 0.373. The van der Waals surface area contributed by atoms with Crippen LogP contribution in [0.2, 0.25) is 5.02 Å². The van der Waals surface area contributed by atoms with Crippen LogP contribution in [0.3, 0.4) is 0 Å². The molecular weight excluding hydrogens is 501 g/mol. The number of benzene rings is 3. The van der Waals surface area contributed by atoms with Crippen LogP contribution in [0.1, 0.15) is 6.92 Å². The maximum absolute atomic E-state index is 12.9. The first kappa shape index (κ1) is 24.8. The monoisotopic (exact) mass is 518 g/mol. The zero-order chi connectivity index (χ0) is 25.2. The zero-order valence-electron chi connectivity index (χ0n) is 18.1. The largest absolute Gasteiger partial charge is 0.430 e. The third kappa shape index (κ3) is 5.37. The van der Waals surface area contributed by atoms with Gasteiger partial charge in [-0.25, -0.2) is 4.98 Å². The lowest BCUT2D eigenvalue weighted by atomic mass is 10.1. The van der Waals surface area contributed by atoms with Gasteiger partial charge in [-0.05, 0) is 36.9 Å². The molecule has 0 saturated heterocycles. The number of nitrogens with zero attached hydrogens (tertiary/aromatic N) is 1. The summed E-state index contributed by atoms with van der Waals surface area (Å²) in [5.41, 5.74) is -1.27. The van der Waals surface area contributed by atoms with E-state index in [0.717, 1.165) is 22.9 Å². The SMILES string of the molecule is C[C@@](O)(C(=O)Nc1ccc(Sc2nc(-c3ccccc3)c(-c3ccccc3)o2)cc1Cl)C(F)(F)F. The molecule has 3 aromatic carbocycles. The summed E-state index contributed by atoms with van der Waals surface area (Å²) in [6, 6.07) is 23.4. The number of hydrogen-bond acceptors (Lipinski definition) is 5. The molecule has 4 rings (SSSR count). The van der Waals surface area contributed by atoms with E-state index in [1.54, 1.807) is 6.07 Å². The lowest BCUT2D eigenvalue weighted by molar-refractivity contribution is -0.242. The number of carbonyl (C=O) groups excluding carboxylic acids is 1. The van der Waals surface area contributed by atoms with Crippen LogP contribution in [0.5, 0.6) is 0 Å². The van der Waals surface area contributed by atoms with E-state index in [1.807, 2.05) is 66.0 Å². The summed E-state index contributed by atoms with van der Waals surface area (Å²) in [7, 11) is 0. The van der Waals surface area contributed by atoms with E-state index in [2.05, 4.69) is 4.98 Å². The van der Waals surface area contributed by atoms with Gasteiger partial charge >= 0.3 is 6.18 Å². The summed E-state index contributed by atoms with van der Waals surface area (Å²) in [5, 5.41) is 11.9. The predicted molar refractivity (Wildman–Crippen MR) is 128 cm³/mol. The van der Waals surface area contributed by atoms with E-state index in [-0.39, 0.29) is 10.7 Å². The number of rotatable bonds is 6. The Hall–Kier alpha value is -3.27. The first-order chi connectivity index (χ1) is 16.6. The van der Waals surface area contributed by atoms with Gasteiger partial charge in [-0.2, -0.15) is 13.2 Å². The number of amides is 1. The number of halogens is 4. The second-order valence-corrected chi connectivity index (χ2v) is 9.09. The van der Waals surface area contributed by atoms with Crippen molar-refractivity contribution in [1.82, 2.24) is 4.98 Å². The zero-order valence-corrected chi connectivity index (χ0v) is 19.7. The van der Waals surface area contributed by atoms with Crippen LogP contribution in [-0.2, 0) is 4.79 Å². The molecule has 1 atom stereocenters. The average Bonchev–Trinajstić information content (AvgIpc) is 3.25. The Kier molecular flexibility index (Phi) is 6.93. The molecule has 2 N–H and O–H groups in total. The molecule has 0 radical (unpaired) electrons. The summed E-state index contributed by atoms with van der Waals surface area (Å²) >= 11 is 7.35. The molecule has 0 aliphatic carbocycles. The molecule has 4 aromatic rings. The summed E-state index contributed by atoms with van der Waals surface area (Å²) in [5.74, 6) is -1.05. The average molecular weight is 519 g/mol. The van der Waals surface area contributed by atoms with Crippen molar-refractivity contribution < 1.29 is 27.5 Å². The van der Waals surface area contributed by atoms with Gasteiger partial charge in [0.2, 0.25) is 5.60 Å². The molecule has 1 heterocycles. The minimum Gasteiger partial charge on any atom is -0.430 e. The molecule has 1 amide bonds. The van der Waals surface area contributed by atoms with E-state index in [1.165, 1.54) is 12.1 Å². The maximum atomic E-state index is 12.9. The molecule has 1 aromatic heterocycles. The number of hydrogen-bond donors (Lipinski definition) is 2. The van der Waals surface area contributed by atoms with Gasteiger partial charge in [-0.15, -0.1) is 0 Å². The summed E-state index contributed by atoms with van der Waals surface area (Å²) in [6.07, 6.45) is -5.14. The molecule has 5 nitrogen and oxygen atoms in total. The van der Waals surface area contributed by atoms with Crippen molar-refractivity contribution in [1.29, 1.82) is 0 Å². The molecule has 0 aliphatic heterocycles. The fourth-order valence-corrected chi connectivity index (χ4v) is 4.12. The van der Waals surface area contributed by atoms with Crippen molar-refractivity contribution in [3.8, 4) is 22.6 Å². The van der Waals surface area contributed by atoms with Gasteiger partial charge in [-0.1, -0.05) is 72.3 Å². The number of aromatic nitrogens is 1. The molecular formula is C25H18ClF3N2O3S. The Bertz CT molecular complexity index is 1290. The Morgan fingerprint density at radius 3 is 2.17 bits per heavy atom. The predicted octanol–water partition coefficient (Wildman–Crippen LogP) is 7.07. The number of nitrogens with one attached hydrogen (secondary N) is 1. The Labute approximate surface area is 208 Å². The molecule has 0 spiro atoms. The molecule has 10 heteroatoms. The van der Waals surface area contributed by atoms with E-state index >= 15 is 0 Å². The summed E-state index contributed by atoms with van der Waals surface area (Å²) in [4.78, 5) is 17.2. The normalized spacial score (nSPS) is 13.3. The van der Waals surface area contributed by atoms with Gasteiger partial charge in [0.15, 0.2) is 5.76 Å². The van der Waals surface area contributed by atoms with E-state index < -0.39 is 17.7 Å². The fourth-order valence-electron chi connectivity index (χ4n) is 3.06. The minimum atomic E-state index is -5.14. The molecule has 0 bridgehead atoms. The Morgan fingerprint density at radius 1 is 1.00 bits per heavy atom. The van der Waals surface area contributed by atoms with E-state index in [9.17, 15) is 23.1 Å². The minimum absolute atomic E-state index is 0.0144. The molecule has 180 valence electrons. The summed E-state index contributed by atoms with van der Waals surface area (Å²) < 4.78 is 44.8. The Morgan fingerprint density at radius 2 is 1.60 bits per heavy atom. The van der Waals surface area contributed by atoms with Crippen molar-refractivity contribution in [3.63, 3.8) is 0 Å². The highest BCUT2D eigenvalue weighted by molar-refractivity contribution is 7.99. The first-order valence-electron chi connectivity index (χ1n) is 10.3. The van der Waals surface area contributed by atoms with Crippen LogP contribution in [0, 0.1) is 0 Å². The van der Waals surface area contributed by atoms with Crippen LogP contribution in [0.4, 0.5) is 18.9 Å². The molecule has 35 heavy (non-hydrogen) atoms. The topological polar surface area (TPSA) is 75.4 Å². The van der Waals surface area contributed by atoms with Crippen LogP contribution < -0.4 is 5.32 Å². The standard InChI is InChI=1S/C25H18ClF3N2O3S/c1-24(33,25(27,28)29)22(32)30-19-13-12-17(14-18(19)26)35-23-31-20(15-8-4-2-5-9-15)21(34-23)16-10-6-3-7-11-16/h2-14,33H,1H3,(H,30,32)/t24-/m1/s1. The van der Waals surface area contributed by atoms with Crippen LogP contribution in [-0.4, -0.2) is 27.8 Å². The molecule has 0 aliphatic rings.